The summed E-state index contributed by atoms with van der Waals surface area (Å²) in [5.41, 5.74) is 1.54. The van der Waals surface area contributed by atoms with E-state index in [9.17, 15) is 19.5 Å². The number of methoxy groups -OCH3 is 1. The van der Waals surface area contributed by atoms with E-state index in [-0.39, 0.29) is 40.5 Å². The van der Waals surface area contributed by atoms with Crippen LogP contribution in [0, 0.1) is 17.7 Å². The number of carbonyl (C=O) groups excluding carboxylic acids is 2. The molecule has 6 rings (SSSR count). The smallest absolute Gasteiger partial charge is 0.306 e. The summed E-state index contributed by atoms with van der Waals surface area (Å²) in [4.78, 5) is 43.5. The summed E-state index contributed by atoms with van der Waals surface area (Å²) in [7, 11) is 3.50. The molecule has 2 aromatic carbocycles. The van der Waals surface area contributed by atoms with E-state index < -0.39 is 29.5 Å². The lowest BCUT2D eigenvalue weighted by Crippen LogP contribution is -2.73. The average Bonchev–Trinajstić information content (AvgIpc) is 3.69. The number of aromatic nitrogens is 1. The maximum atomic E-state index is 15.8. The number of fused-ring (bicyclic) bond motifs is 1. The van der Waals surface area contributed by atoms with E-state index in [1.165, 1.54) is 6.07 Å². The number of benzene rings is 2. The van der Waals surface area contributed by atoms with Gasteiger partial charge in [0.2, 0.25) is 5.85 Å². The fourth-order valence-corrected chi connectivity index (χ4v) is 7.66. The Labute approximate surface area is 278 Å². The van der Waals surface area contributed by atoms with Crippen LogP contribution in [0.3, 0.4) is 0 Å². The number of rotatable bonds is 12. The Kier molecular flexibility index (Phi) is 10.0. The molecule has 1 unspecified atom stereocenters. The number of halogens is 2. The minimum absolute atomic E-state index is 0.110. The fraction of sp³-hybridized carbons (Fsp3) is 0.514. The van der Waals surface area contributed by atoms with Gasteiger partial charge in [-0.3, -0.25) is 24.2 Å². The highest BCUT2D eigenvalue weighted by molar-refractivity contribution is 6.34. The number of hydrogen-bond donors (Lipinski definition) is 2. The van der Waals surface area contributed by atoms with E-state index >= 15 is 4.39 Å². The molecule has 1 amide bonds. The highest BCUT2D eigenvalue weighted by Crippen LogP contribution is 2.39. The quantitative estimate of drug-likeness (QED) is 0.267. The molecule has 47 heavy (non-hydrogen) atoms. The van der Waals surface area contributed by atoms with Gasteiger partial charge in [0.1, 0.15) is 5.82 Å². The number of carbonyl (C=O) groups is 3. The van der Waals surface area contributed by atoms with Crippen molar-refractivity contribution < 1.29 is 33.4 Å². The number of nitrogens with one attached hydrogen (secondary N) is 1. The van der Waals surface area contributed by atoms with Crippen LogP contribution in [0.15, 0.2) is 42.6 Å². The molecule has 10 nitrogen and oxygen atoms in total. The van der Waals surface area contributed by atoms with Crippen molar-refractivity contribution in [1.82, 2.24) is 14.4 Å². The number of aliphatic carboxylic acids is 1. The Balaban J connectivity index is 1.25. The minimum atomic E-state index is -1.42. The average molecular weight is 669 g/mol. The third-order valence-corrected chi connectivity index (χ3v) is 10.2. The first kappa shape index (κ1) is 33.5. The highest BCUT2D eigenvalue weighted by Gasteiger charge is 2.56. The van der Waals surface area contributed by atoms with Crippen molar-refractivity contribution in [3.63, 3.8) is 0 Å². The summed E-state index contributed by atoms with van der Waals surface area (Å²) in [6.45, 7) is 3.04. The molecule has 0 spiro atoms. The van der Waals surface area contributed by atoms with Crippen LogP contribution in [-0.2, 0) is 32.5 Å². The van der Waals surface area contributed by atoms with E-state index in [4.69, 9.17) is 21.1 Å². The van der Waals surface area contributed by atoms with Crippen LogP contribution < -0.4 is 5.32 Å². The van der Waals surface area contributed by atoms with Gasteiger partial charge in [-0.25, -0.2) is 4.39 Å². The number of ether oxygens (including phenoxy) is 2. The van der Waals surface area contributed by atoms with E-state index in [1.54, 1.807) is 13.3 Å². The van der Waals surface area contributed by atoms with Crippen LogP contribution in [-0.4, -0.2) is 89.0 Å². The second kappa shape index (κ2) is 14.0. The number of amides is 1. The Morgan fingerprint density at radius 1 is 1.06 bits per heavy atom. The number of anilines is 1. The van der Waals surface area contributed by atoms with E-state index in [1.807, 2.05) is 40.8 Å². The molecule has 1 saturated carbocycles. The summed E-state index contributed by atoms with van der Waals surface area (Å²) in [5.74, 6) is -3.78. The maximum Gasteiger partial charge on any atom is 0.306 e. The number of likely N-dealkylation sites (tertiary alicyclic amines) is 2. The Hall–Kier alpha value is -3.35. The fourth-order valence-electron chi connectivity index (χ4n) is 7.43. The maximum absolute atomic E-state index is 15.8. The van der Waals surface area contributed by atoms with Gasteiger partial charge in [0.05, 0.1) is 34.9 Å². The summed E-state index contributed by atoms with van der Waals surface area (Å²) in [6, 6.07) is 10.1. The number of carboxylic acids is 1. The van der Waals surface area contributed by atoms with Crippen molar-refractivity contribution >= 4 is 45.9 Å². The monoisotopic (exact) mass is 668 g/mol. The third kappa shape index (κ3) is 6.69. The van der Waals surface area contributed by atoms with Gasteiger partial charge in [0, 0.05) is 69.8 Å². The summed E-state index contributed by atoms with van der Waals surface area (Å²) in [5, 5.41) is 13.1. The van der Waals surface area contributed by atoms with Crippen LogP contribution in [0.5, 0.6) is 0 Å². The van der Waals surface area contributed by atoms with Crippen molar-refractivity contribution in [2.45, 2.75) is 56.9 Å². The van der Waals surface area contributed by atoms with Gasteiger partial charge >= 0.3 is 5.97 Å². The minimum Gasteiger partial charge on any atom is -0.481 e. The first-order valence-electron chi connectivity index (χ1n) is 16.4. The van der Waals surface area contributed by atoms with Gasteiger partial charge < -0.3 is 24.5 Å². The molecule has 3 fully saturated rings. The molecule has 2 saturated heterocycles. The van der Waals surface area contributed by atoms with Crippen LogP contribution >= 0.6 is 11.6 Å². The Morgan fingerprint density at radius 3 is 2.45 bits per heavy atom. The predicted molar refractivity (Wildman–Crippen MR) is 176 cm³/mol. The standard InChI is InChI=1S/C35H42ClFN4O6/c1-39-20-27(26-7-3-4-8-31(26)39)33(43)38-30-17-29(37)24(15-28(30)36)16-32(42)35(40-13-5-6-14-40,41-18-22(19-41)21-46-2)47-25-11-9-23(10-12-25)34(44)45/h3-4,7-8,15,17,20,22-23,25H,5-6,9-14,16,18-19,21H2,1-2H3,(H,38,43)(H,44,45). The van der Waals surface area contributed by atoms with Crippen LogP contribution in [0.1, 0.15) is 54.4 Å². The third-order valence-electron chi connectivity index (χ3n) is 9.92. The number of carboxylic acid groups (broad SMARTS) is 1. The number of aryl methyl sites for hydroxylation is 1. The number of Topliss-reactive ketones (excluding diaryl/α,β-unsaturated/α-hetero) is 1. The zero-order valence-electron chi connectivity index (χ0n) is 26.8. The van der Waals surface area contributed by atoms with Gasteiger partial charge in [-0.1, -0.05) is 29.8 Å². The molecule has 252 valence electrons. The first-order valence-corrected chi connectivity index (χ1v) is 16.7. The summed E-state index contributed by atoms with van der Waals surface area (Å²) in [6.07, 6.45) is 4.97. The number of hydrogen-bond acceptors (Lipinski definition) is 7. The zero-order valence-corrected chi connectivity index (χ0v) is 27.6. The van der Waals surface area contributed by atoms with Gasteiger partial charge in [0.25, 0.3) is 5.91 Å². The van der Waals surface area contributed by atoms with Crippen molar-refractivity contribution in [1.29, 1.82) is 0 Å². The van der Waals surface area contributed by atoms with Crippen LogP contribution in [0.4, 0.5) is 10.1 Å². The normalized spacial score (nSPS) is 22.2. The molecule has 1 aromatic heterocycles. The second-order valence-corrected chi connectivity index (χ2v) is 13.5. The number of ketones is 1. The highest BCUT2D eigenvalue weighted by atomic mass is 35.5. The topological polar surface area (TPSA) is 113 Å². The van der Waals surface area contributed by atoms with E-state index in [2.05, 4.69) is 10.2 Å². The van der Waals surface area contributed by atoms with Crippen LogP contribution in [0.2, 0.25) is 5.02 Å². The van der Waals surface area contributed by atoms with Gasteiger partial charge in [-0.2, -0.15) is 0 Å². The molecular weight excluding hydrogens is 627 g/mol. The second-order valence-electron chi connectivity index (χ2n) is 13.1. The lowest BCUT2D eigenvalue weighted by Gasteiger charge is -2.55. The number of para-hydroxylation sites is 1. The molecule has 0 bridgehead atoms. The molecular formula is C35H42ClFN4O6. The van der Waals surface area contributed by atoms with Crippen molar-refractivity contribution in [3.05, 3.63) is 64.6 Å². The first-order chi connectivity index (χ1) is 22.6. The van der Waals surface area contributed by atoms with Crippen molar-refractivity contribution in [2.24, 2.45) is 18.9 Å². The van der Waals surface area contributed by atoms with Crippen LogP contribution in [0.25, 0.3) is 10.9 Å². The molecule has 12 heteroatoms. The zero-order chi connectivity index (χ0) is 33.3. The molecule has 3 aromatic rings. The molecule has 1 atom stereocenters. The van der Waals surface area contributed by atoms with Gasteiger partial charge in [-0.15, -0.1) is 0 Å². The lowest BCUT2D eigenvalue weighted by atomic mass is 9.87. The van der Waals surface area contributed by atoms with Gasteiger partial charge in [-0.05, 0) is 62.3 Å². The van der Waals surface area contributed by atoms with Crippen molar-refractivity contribution in [3.8, 4) is 0 Å². The predicted octanol–water partition coefficient (Wildman–Crippen LogP) is 5.32. The van der Waals surface area contributed by atoms with Crippen molar-refractivity contribution in [2.75, 3.05) is 45.2 Å². The Morgan fingerprint density at radius 2 is 1.77 bits per heavy atom. The Bertz CT molecular complexity index is 1640. The molecule has 2 aliphatic heterocycles. The molecule has 2 N–H and O–H groups in total. The molecule has 1 aliphatic carbocycles. The molecule has 3 aliphatic rings. The largest absolute Gasteiger partial charge is 0.481 e. The number of nitrogens with zero attached hydrogens (tertiary/aromatic N) is 3. The van der Waals surface area contributed by atoms with E-state index in [0.29, 0.717) is 64.0 Å². The summed E-state index contributed by atoms with van der Waals surface area (Å²) >= 11 is 6.62. The van der Waals surface area contributed by atoms with E-state index in [0.717, 1.165) is 29.8 Å². The molecule has 3 heterocycles. The lowest BCUT2D eigenvalue weighted by molar-refractivity contribution is -0.277. The van der Waals surface area contributed by atoms with Gasteiger partial charge in [0.15, 0.2) is 5.78 Å². The summed E-state index contributed by atoms with van der Waals surface area (Å²) < 4.78 is 29.9. The SMILES string of the molecule is COCC1CN(C(OC2CCC(C(=O)O)CC2)(C(=O)Cc2cc(Cl)c(NC(=O)c3cn(C)c4ccccc34)cc2F)N2CCCC2)C1. The molecule has 0 radical (unpaired) electrons.